The average Bonchev–Trinajstić information content (AvgIpc) is 2.84. The Balaban J connectivity index is 1.96. The summed E-state index contributed by atoms with van der Waals surface area (Å²) in [4.78, 5) is 0. The highest BCUT2D eigenvalue weighted by atomic mass is 15.1. The monoisotopic (exact) mass is 229 g/mol. The van der Waals surface area contributed by atoms with Crippen LogP contribution in [0.3, 0.4) is 0 Å². The van der Waals surface area contributed by atoms with Crippen molar-refractivity contribution in [3.8, 4) is 0 Å². The molecule has 1 unspecified atom stereocenters. The Morgan fingerprint density at radius 1 is 1.29 bits per heavy atom. The van der Waals surface area contributed by atoms with Gasteiger partial charge in [0.2, 0.25) is 0 Å². The number of aromatic nitrogens is 2. The van der Waals surface area contributed by atoms with Crippen molar-refractivity contribution in [2.45, 2.75) is 33.4 Å². The summed E-state index contributed by atoms with van der Waals surface area (Å²) in [7, 11) is 0. The number of nitrogens with one attached hydrogen (secondary N) is 2. The maximum atomic E-state index is 3.96. The molecule has 0 fully saturated rings. The highest BCUT2D eigenvalue weighted by Crippen LogP contribution is 2.13. The van der Waals surface area contributed by atoms with Gasteiger partial charge in [-0.15, -0.1) is 0 Å². The van der Waals surface area contributed by atoms with Gasteiger partial charge in [0.1, 0.15) is 0 Å². The van der Waals surface area contributed by atoms with E-state index in [0.29, 0.717) is 6.04 Å². The summed E-state index contributed by atoms with van der Waals surface area (Å²) in [5, 5.41) is 10.3. The minimum atomic E-state index is 0.315. The lowest BCUT2D eigenvalue weighted by molar-refractivity contribution is 0.575. The normalized spacial score (nSPS) is 12.6. The fraction of sp³-hybridized carbons (Fsp3) is 0.357. The van der Waals surface area contributed by atoms with Crippen molar-refractivity contribution < 1.29 is 0 Å². The van der Waals surface area contributed by atoms with Crippen LogP contribution in [0.2, 0.25) is 0 Å². The molecule has 0 aliphatic heterocycles. The maximum absolute atomic E-state index is 3.96. The lowest BCUT2D eigenvalue weighted by Crippen LogP contribution is -2.17. The van der Waals surface area contributed by atoms with Crippen molar-refractivity contribution >= 4 is 0 Å². The molecule has 0 amide bonds. The SMILES string of the molecule is Cc1ccc(CNC(C)c2cn[nH]c2)cc1C. The van der Waals surface area contributed by atoms with Crippen LogP contribution < -0.4 is 5.32 Å². The van der Waals surface area contributed by atoms with Crippen LogP contribution in [0, 0.1) is 13.8 Å². The lowest BCUT2D eigenvalue weighted by Gasteiger charge is -2.12. The van der Waals surface area contributed by atoms with Crippen molar-refractivity contribution in [1.82, 2.24) is 15.5 Å². The van der Waals surface area contributed by atoms with E-state index in [4.69, 9.17) is 0 Å². The molecule has 0 saturated heterocycles. The zero-order valence-corrected chi connectivity index (χ0v) is 10.6. The second kappa shape index (κ2) is 5.15. The standard InChI is InChI=1S/C14H19N3/c1-10-4-5-13(6-11(10)2)7-15-12(3)14-8-16-17-9-14/h4-6,8-9,12,15H,7H2,1-3H3,(H,16,17). The van der Waals surface area contributed by atoms with Crippen molar-refractivity contribution in [2.24, 2.45) is 0 Å². The Kier molecular flexibility index (Phi) is 3.59. The molecule has 0 bridgehead atoms. The molecule has 1 aromatic carbocycles. The fourth-order valence-electron chi connectivity index (χ4n) is 1.80. The molecule has 0 spiro atoms. The predicted molar refractivity (Wildman–Crippen MR) is 69.8 cm³/mol. The molecule has 2 N–H and O–H groups in total. The number of aromatic amines is 1. The third-order valence-electron chi connectivity index (χ3n) is 3.20. The van der Waals surface area contributed by atoms with Gasteiger partial charge in [-0.2, -0.15) is 5.10 Å². The summed E-state index contributed by atoms with van der Waals surface area (Å²) in [6.45, 7) is 7.32. The second-order valence-corrected chi connectivity index (χ2v) is 4.55. The van der Waals surface area contributed by atoms with E-state index in [-0.39, 0.29) is 0 Å². The van der Waals surface area contributed by atoms with Crippen LogP contribution in [0.4, 0.5) is 0 Å². The van der Waals surface area contributed by atoms with Gasteiger partial charge in [0.25, 0.3) is 0 Å². The van der Waals surface area contributed by atoms with Crippen LogP contribution in [0.1, 0.15) is 35.2 Å². The van der Waals surface area contributed by atoms with Gasteiger partial charge >= 0.3 is 0 Å². The second-order valence-electron chi connectivity index (χ2n) is 4.55. The maximum Gasteiger partial charge on any atom is 0.0534 e. The zero-order valence-electron chi connectivity index (χ0n) is 10.6. The molecule has 90 valence electrons. The molecule has 1 atom stereocenters. The number of H-pyrrole nitrogens is 1. The number of nitrogens with zero attached hydrogens (tertiary/aromatic N) is 1. The van der Waals surface area contributed by atoms with Crippen molar-refractivity contribution in [2.75, 3.05) is 0 Å². The van der Waals surface area contributed by atoms with E-state index < -0.39 is 0 Å². The predicted octanol–water partition coefficient (Wildman–Crippen LogP) is 2.88. The first kappa shape index (κ1) is 11.9. The summed E-state index contributed by atoms with van der Waals surface area (Å²) in [6, 6.07) is 6.91. The van der Waals surface area contributed by atoms with Crippen LogP contribution in [-0.2, 0) is 6.54 Å². The summed E-state index contributed by atoms with van der Waals surface area (Å²) >= 11 is 0. The summed E-state index contributed by atoms with van der Waals surface area (Å²) in [5.74, 6) is 0. The Morgan fingerprint density at radius 3 is 2.76 bits per heavy atom. The molecule has 3 heteroatoms. The van der Waals surface area contributed by atoms with Crippen LogP contribution in [0.15, 0.2) is 30.6 Å². The Morgan fingerprint density at radius 2 is 2.12 bits per heavy atom. The van der Waals surface area contributed by atoms with Gasteiger partial charge in [-0.1, -0.05) is 18.2 Å². The molecule has 0 radical (unpaired) electrons. The van der Waals surface area contributed by atoms with E-state index in [1.165, 1.54) is 22.3 Å². The van der Waals surface area contributed by atoms with Crippen molar-refractivity contribution in [3.05, 3.63) is 52.8 Å². The highest BCUT2D eigenvalue weighted by molar-refractivity contribution is 5.29. The molecular formula is C14H19N3. The van der Waals surface area contributed by atoms with Crippen LogP contribution in [-0.4, -0.2) is 10.2 Å². The van der Waals surface area contributed by atoms with Crippen molar-refractivity contribution in [3.63, 3.8) is 0 Å². The molecular weight excluding hydrogens is 210 g/mol. The molecule has 1 aromatic heterocycles. The van der Waals surface area contributed by atoms with E-state index in [2.05, 4.69) is 54.5 Å². The van der Waals surface area contributed by atoms with Gasteiger partial charge in [0.05, 0.1) is 6.20 Å². The lowest BCUT2D eigenvalue weighted by atomic mass is 10.1. The zero-order chi connectivity index (χ0) is 12.3. The number of aryl methyl sites for hydroxylation is 2. The van der Waals surface area contributed by atoms with E-state index in [1.807, 2.05) is 12.4 Å². The van der Waals surface area contributed by atoms with E-state index in [1.54, 1.807) is 0 Å². The van der Waals surface area contributed by atoms with E-state index in [0.717, 1.165) is 6.54 Å². The van der Waals surface area contributed by atoms with Gasteiger partial charge in [-0.3, -0.25) is 5.10 Å². The molecule has 3 nitrogen and oxygen atoms in total. The topological polar surface area (TPSA) is 40.7 Å². The van der Waals surface area contributed by atoms with Gasteiger partial charge in [-0.05, 0) is 37.5 Å². The van der Waals surface area contributed by atoms with Gasteiger partial charge in [-0.25, -0.2) is 0 Å². The molecule has 1 heterocycles. The Hall–Kier alpha value is -1.61. The van der Waals surface area contributed by atoms with Crippen LogP contribution in [0.25, 0.3) is 0 Å². The summed E-state index contributed by atoms with van der Waals surface area (Å²) in [5.41, 5.74) is 5.20. The molecule has 0 aliphatic rings. The average molecular weight is 229 g/mol. The fourth-order valence-corrected chi connectivity index (χ4v) is 1.80. The summed E-state index contributed by atoms with van der Waals surface area (Å²) < 4.78 is 0. The third kappa shape index (κ3) is 2.94. The van der Waals surface area contributed by atoms with E-state index in [9.17, 15) is 0 Å². The minimum Gasteiger partial charge on any atom is -0.306 e. The largest absolute Gasteiger partial charge is 0.306 e. The Bertz CT molecular complexity index is 474. The van der Waals surface area contributed by atoms with Crippen LogP contribution >= 0.6 is 0 Å². The molecule has 17 heavy (non-hydrogen) atoms. The van der Waals surface area contributed by atoms with E-state index >= 15 is 0 Å². The van der Waals surface area contributed by atoms with Gasteiger partial charge in [0, 0.05) is 24.3 Å². The molecule has 0 aliphatic carbocycles. The molecule has 0 saturated carbocycles. The smallest absolute Gasteiger partial charge is 0.0534 e. The first-order valence-corrected chi connectivity index (χ1v) is 5.95. The van der Waals surface area contributed by atoms with Crippen LogP contribution in [0.5, 0.6) is 0 Å². The summed E-state index contributed by atoms with van der Waals surface area (Å²) in [6.07, 6.45) is 3.79. The first-order valence-electron chi connectivity index (χ1n) is 5.95. The third-order valence-corrected chi connectivity index (χ3v) is 3.20. The number of rotatable bonds is 4. The highest BCUT2D eigenvalue weighted by Gasteiger charge is 2.05. The number of hydrogen-bond donors (Lipinski definition) is 2. The number of hydrogen-bond acceptors (Lipinski definition) is 2. The van der Waals surface area contributed by atoms with Crippen molar-refractivity contribution in [1.29, 1.82) is 0 Å². The number of benzene rings is 1. The minimum absolute atomic E-state index is 0.315. The molecule has 2 rings (SSSR count). The quantitative estimate of drug-likeness (QED) is 0.846. The molecule has 2 aromatic rings. The first-order chi connectivity index (χ1) is 8.16. The van der Waals surface area contributed by atoms with Gasteiger partial charge in [0.15, 0.2) is 0 Å². The van der Waals surface area contributed by atoms with Gasteiger partial charge < -0.3 is 5.32 Å². The Labute approximate surface area is 102 Å².